The molecule has 9 heteroatoms. The minimum absolute atomic E-state index is 0.111. The summed E-state index contributed by atoms with van der Waals surface area (Å²) in [6.45, 7) is 0.674. The lowest BCUT2D eigenvalue weighted by atomic mass is 10.1. The standard InChI is InChI=1S/C17H18N4O4S/c22-16-5-6-17(23)21(16)13-1-3-15(4-2-13)26(24,25)19-12-8-10-20-14(11-12)7-9-18-20/h1-4,7,9,12,19H,5-6,8,10-11H2/t12-/m1/s1. The first-order chi connectivity index (χ1) is 12.4. The average Bonchev–Trinajstić information content (AvgIpc) is 3.20. The number of carbonyl (C=O) groups is 2. The van der Waals surface area contributed by atoms with Crippen LogP contribution in [-0.4, -0.2) is 36.1 Å². The molecule has 0 radical (unpaired) electrons. The molecule has 1 aromatic heterocycles. The van der Waals surface area contributed by atoms with E-state index in [2.05, 4.69) is 9.82 Å². The van der Waals surface area contributed by atoms with Gasteiger partial charge in [0.2, 0.25) is 21.8 Å². The fraction of sp³-hybridized carbons (Fsp3) is 0.353. The number of nitrogens with one attached hydrogen (secondary N) is 1. The molecule has 1 aromatic carbocycles. The van der Waals surface area contributed by atoms with Gasteiger partial charge in [0, 0.05) is 43.7 Å². The third-order valence-electron chi connectivity index (χ3n) is 4.73. The number of nitrogens with zero attached hydrogens (tertiary/aromatic N) is 3. The molecule has 0 bridgehead atoms. The van der Waals surface area contributed by atoms with Crippen molar-refractivity contribution in [2.75, 3.05) is 4.90 Å². The molecule has 2 aromatic rings. The highest BCUT2D eigenvalue weighted by atomic mass is 32.2. The first-order valence-corrected chi connectivity index (χ1v) is 9.91. The summed E-state index contributed by atoms with van der Waals surface area (Å²) in [6, 6.07) is 7.52. The molecule has 0 saturated carbocycles. The molecular weight excluding hydrogens is 356 g/mol. The van der Waals surface area contributed by atoms with Crippen LogP contribution >= 0.6 is 0 Å². The van der Waals surface area contributed by atoms with Gasteiger partial charge in [-0.2, -0.15) is 5.10 Å². The molecule has 0 unspecified atom stereocenters. The van der Waals surface area contributed by atoms with Gasteiger partial charge in [-0.3, -0.25) is 19.2 Å². The summed E-state index contributed by atoms with van der Waals surface area (Å²) in [6.07, 6.45) is 3.36. The topological polar surface area (TPSA) is 101 Å². The third-order valence-corrected chi connectivity index (χ3v) is 6.26. The van der Waals surface area contributed by atoms with E-state index in [4.69, 9.17) is 0 Å². The fourth-order valence-electron chi connectivity index (χ4n) is 3.39. The Balaban J connectivity index is 1.50. The molecule has 136 valence electrons. The number of aromatic nitrogens is 2. The van der Waals surface area contributed by atoms with Gasteiger partial charge >= 0.3 is 0 Å². The van der Waals surface area contributed by atoms with Crippen LogP contribution in [0.3, 0.4) is 0 Å². The number of anilines is 1. The highest BCUT2D eigenvalue weighted by Crippen LogP contribution is 2.24. The predicted molar refractivity (Wildman–Crippen MR) is 92.8 cm³/mol. The van der Waals surface area contributed by atoms with Crippen molar-refractivity contribution in [1.82, 2.24) is 14.5 Å². The molecule has 1 saturated heterocycles. The lowest BCUT2D eigenvalue weighted by Crippen LogP contribution is -2.40. The molecule has 2 aliphatic rings. The number of rotatable bonds is 4. The zero-order valence-corrected chi connectivity index (χ0v) is 14.8. The first kappa shape index (κ1) is 16.9. The van der Waals surface area contributed by atoms with Gasteiger partial charge in [-0.1, -0.05) is 0 Å². The maximum atomic E-state index is 12.6. The quantitative estimate of drug-likeness (QED) is 0.799. The zero-order chi connectivity index (χ0) is 18.3. The van der Waals surface area contributed by atoms with E-state index in [0.717, 1.165) is 10.6 Å². The zero-order valence-electron chi connectivity index (χ0n) is 14.0. The summed E-state index contributed by atoms with van der Waals surface area (Å²) in [7, 11) is -3.68. The van der Waals surface area contributed by atoms with Crippen LogP contribution in [0.4, 0.5) is 5.69 Å². The number of sulfonamides is 1. The minimum Gasteiger partial charge on any atom is -0.274 e. The van der Waals surface area contributed by atoms with Gasteiger partial charge in [0.05, 0.1) is 10.6 Å². The SMILES string of the molecule is O=C1CCC(=O)N1c1ccc(S(=O)(=O)N[C@@H]2CCn3nccc3C2)cc1. The summed E-state index contributed by atoms with van der Waals surface area (Å²) in [5, 5.41) is 4.19. The van der Waals surface area contributed by atoms with Gasteiger partial charge in [0.25, 0.3) is 0 Å². The van der Waals surface area contributed by atoms with E-state index in [1.807, 2.05) is 10.7 Å². The third kappa shape index (κ3) is 3.04. The van der Waals surface area contributed by atoms with Gasteiger partial charge in [0.1, 0.15) is 0 Å². The Kier molecular flexibility index (Phi) is 4.12. The Hall–Kier alpha value is -2.52. The number of fused-ring (bicyclic) bond motifs is 1. The van der Waals surface area contributed by atoms with E-state index in [1.54, 1.807) is 6.20 Å². The second-order valence-corrected chi connectivity index (χ2v) is 8.19. The Labute approximate surface area is 150 Å². The summed E-state index contributed by atoms with van der Waals surface area (Å²) >= 11 is 0. The Bertz CT molecular complexity index is 949. The summed E-state index contributed by atoms with van der Waals surface area (Å²) in [5.41, 5.74) is 1.41. The molecule has 2 amide bonds. The summed E-state index contributed by atoms with van der Waals surface area (Å²) < 4.78 is 29.9. The number of carbonyl (C=O) groups excluding carboxylic acids is 2. The number of hydrogen-bond acceptors (Lipinski definition) is 5. The average molecular weight is 374 g/mol. The van der Waals surface area contributed by atoms with Crippen LogP contribution in [-0.2, 0) is 32.6 Å². The molecule has 1 N–H and O–H groups in total. The van der Waals surface area contributed by atoms with Gasteiger partial charge < -0.3 is 0 Å². The van der Waals surface area contributed by atoms with Crippen LogP contribution < -0.4 is 9.62 Å². The molecule has 26 heavy (non-hydrogen) atoms. The van der Waals surface area contributed by atoms with E-state index >= 15 is 0 Å². The molecule has 2 aliphatic heterocycles. The van der Waals surface area contributed by atoms with Crippen LogP contribution in [0.25, 0.3) is 0 Å². The minimum atomic E-state index is -3.68. The van der Waals surface area contributed by atoms with Gasteiger partial charge in [0.15, 0.2) is 0 Å². The largest absolute Gasteiger partial charge is 0.274 e. The fourth-order valence-corrected chi connectivity index (χ4v) is 4.66. The van der Waals surface area contributed by atoms with Crippen LogP contribution in [0.2, 0.25) is 0 Å². The van der Waals surface area contributed by atoms with Crippen molar-refractivity contribution < 1.29 is 18.0 Å². The van der Waals surface area contributed by atoms with Crippen LogP contribution in [0.5, 0.6) is 0 Å². The van der Waals surface area contributed by atoms with Crippen molar-refractivity contribution in [2.24, 2.45) is 0 Å². The lowest BCUT2D eigenvalue weighted by molar-refractivity contribution is -0.121. The number of aryl methyl sites for hydroxylation is 1. The number of amides is 2. The second-order valence-electron chi connectivity index (χ2n) is 6.47. The molecular formula is C17H18N4O4S. The normalized spacial score (nSPS) is 20.5. The molecule has 0 aliphatic carbocycles. The second kappa shape index (κ2) is 6.33. The van der Waals surface area contributed by atoms with Crippen LogP contribution in [0.1, 0.15) is 25.0 Å². The summed E-state index contributed by atoms with van der Waals surface area (Å²) in [4.78, 5) is 24.8. The lowest BCUT2D eigenvalue weighted by Gasteiger charge is -2.24. The number of hydrogen-bond donors (Lipinski definition) is 1. The number of benzene rings is 1. The Morgan fingerprint density at radius 3 is 2.42 bits per heavy atom. The van der Waals surface area contributed by atoms with Crippen molar-refractivity contribution in [1.29, 1.82) is 0 Å². The monoisotopic (exact) mass is 374 g/mol. The molecule has 4 rings (SSSR count). The highest BCUT2D eigenvalue weighted by molar-refractivity contribution is 7.89. The first-order valence-electron chi connectivity index (χ1n) is 8.43. The van der Waals surface area contributed by atoms with Crippen LogP contribution in [0, 0.1) is 0 Å². The summed E-state index contributed by atoms with van der Waals surface area (Å²) in [5.74, 6) is -0.523. The molecule has 1 atom stereocenters. The Morgan fingerprint density at radius 1 is 1.04 bits per heavy atom. The maximum absolute atomic E-state index is 12.6. The molecule has 0 spiro atoms. The van der Waals surface area contributed by atoms with Crippen molar-refractivity contribution in [3.8, 4) is 0 Å². The number of imide groups is 1. The van der Waals surface area contributed by atoms with Crippen molar-refractivity contribution in [3.63, 3.8) is 0 Å². The van der Waals surface area contributed by atoms with Gasteiger partial charge in [-0.15, -0.1) is 0 Å². The molecule has 3 heterocycles. The van der Waals surface area contributed by atoms with Crippen molar-refractivity contribution in [2.45, 2.75) is 43.2 Å². The van der Waals surface area contributed by atoms with Gasteiger partial charge in [-0.25, -0.2) is 13.1 Å². The molecule has 1 fully saturated rings. The van der Waals surface area contributed by atoms with E-state index in [1.165, 1.54) is 24.3 Å². The smallest absolute Gasteiger partial charge is 0.240 e. The van der Waals surface area contributed by atoms with Crippen LogP contribution in [0.15, 0.2) is 41.4 Å². The van der Waals surface area contributed by atoms with E-state index in [9.17, 15) is 18.0 Å². The Morgan fingerprint density at radius 2 is 1.73 bits per heavy atom. The maximum Gasteiger partial charge on any atom is 0.240 e. The van der Waals surface area contributed by atoms with Gasteiger partial charge in [-0.05, 0) is 36.8 Å². The highest BCUT2D eigenvalue weighted by Gasteiger charge is 2.31. The molecule has 8 nitrogen and oxygen atoms in total. The predicted octanol–water partition coefficient (Wildman–Crippen LogP) is 0.830. The van der Waals surface area contributed by atoms with Crippen molar-refractivity contribution >= 4 is 27.5 Å². The van der Waals surface area contributed by atoms with Crippen molar-refractivity contribution in [3.05, 3.63) is 42.2 Å². The van der Waals surface area contributed by atoms with E-state index < -0.39 is 10.0 Å². The van der Waals surface area contributed by atoms with E-state index in [-0.39, 0.29) is 35.6 Å². The van der Waals surface area contributed by atoms with E-state index in [0.29, 0.717) is 25.1 Å².